The number of fused-ring (bicyclic) bond motifs is 3. The van der Waals surface area contributed by atoms with Gasteiger partial charge in [-0.05, 0) is 40.5 Å². The first-order chi connectivity index (χ1) is 7.77. The summed E-state index contributed by atoms with van der Waals surface area (Å²) in [6, 6.07) is 6.00. The minimum Gasteiger partial charge on any atom is -0.321 e. The number of aromatic nitrogens is 1. The van der Waals surface area contributed by atoms with Crippen LogP contribution in [0.1, 0.15) is 11.1 Å². The lowest BCUT2D eigenvalue weighted by Crippen LogP contribution is -2.30. The Kier molecular flexibility index (Phi) is 2.33. The molecule has 0 radical (unpaired) electrons. The van der Waals surface area contributed by atoms with Crippen LogP contribution in [0.3, 0.4) is 0 Å². The summed E-state index contributed by atoms with van der Waals surface area (Å²) >= 11 is 3.47. The summed E-state index contributed by atoms with van der Waals surface area (Å²) in [7, 11) is 0. The number of pyridine rings is 1. The smallest absolute Gasteiger partial charge is 0.252 e. The molecule has 0 fully saturated rings. The fourth-order valence-corrected chi connectivity index (χ4v) is 2.75. The van der Waals surface area contributed by atoms with Crippen LogP contribution in [0, 0.1) is 0 Å². The first kappa shape index (κ1) is 10.1. The summed E-state index contributed by atoms with van der Waals surface area (Å²) in [4.78, 5) is 14.9. The van der Waals surface area contributed by atoms with Gasteiger partial charge in [0.25, 0.3) is 5.56 Å². The number of rotatable bonds is 0. The first-order valence-electron chi connectivity index (χ1n) is 5.30. The summed E-state index contributed by atoms with van der Waals surface area (Å²) < 4.78 is 0.940. The molecule has 2 N–H and O–H groups in total. The van der Waals surface area contributed by atoms with Crippen molar-refractivity contribution in [1.82, 2.24) is 10.3 Å². The van der Waals surface area contributed by atoms with Crippen molar-refractivity contribution in [3.63, 3.8) is 0 Å². The van der Waals surface area contributed by atoms with Gasteiger partial charge in [0, 0.05) is 22.0 Å². The van der Waals surface area contributed by atoms with Gasteiger partial charge in [-0.1, -0.05) is 12.1 Å². The average molecular weight is 279 g/mol. The summed E-state index contributed by atoms with van der Waals surface area (Å²) in [6.07, 6.45) is 0.813. The highest BCUT2D eigenvalue weighted by Crippen LogP contribution is 2.26. The average Bonchev–Trinajstić information content (AvgIpc) is 2.31. The van der Waals surface area contributed by atoms with Crippen LogP contribution in [0.4, 0.5) is 0 Å². The molecule has 0 unspecified atom stereocenters. The molecule has 3 nitrogen and oxygen atoms in total. The molecule has 0 spiro atoms. The van der Waals surface area contributed by atoms with E-state index in [9.17, 15) is 4.79 Å². The predicted octanol–water partition coefficient (Wildman–Crippen LogP) is 1.94. The third-order valence-electron chi connectivity index (χ3n) is 3.07. The van der Waals surface area contributed by atoms with Crippen molar-refractivity contribution in [2.24, 2.45) is 0 Å². The maximum Gasteiger partial charge on any atom is 0.252 e. The second kappa shape index (κ2) is 3.71. The second-order valence-corrected chi connectivity index (χ2v) is 4.85. The van der Waals surface area contributed by atoms with Gasteiger partial charge in [-0.15, -0.1) is 0 Å². The fourth-order valence-electron chi connectivity index (χ4n) is 2.28. The molecule has 1 aromatic carbocycles. The van der Waals surface area contributed by atoms with E-state index in [1.807, 2.05) is 12.1 Å². The van der Waals surface area contributed by atoms with Gasteiger partial charge in [-0.3, -0.25) is 4.79 Å². The van der Waals surface area contributed by atoms with Gasteiger partial charge >= 0.3 is 0 Å². The number of hydrogen-bond donors (Lipinski definition) is 2. The van der Waals surface area contributed by atoms with Gasteiger partial charge in [0.1, 0.15) is 0 Å². The van der Waals surface area contributed by atoms with Crippen LogP contribution in [-0.4, -0.2) is 11.5 Å². The zero-order chi connectivity index (χ0) is 11.1. The number of hydrogen-bond acceptors (Lipinski definition) is 2. The third kappa shape index (κ3) is 1.41. The number of nitrogens with one attached hydrogen (secondary N) is 2. The Morgan fingerprint density at radius 2 is 2.12 bits per heavy atom. The van der Waals surface area contributed by atoms with Crippen molar-refractivity contribution in [1.29, 1.82) is 0 Å². The summed E-state index contributed by atoms with van der Waals surface area (Å²) in [5.41, 5.74) is 3.03. The van der Waals surface area contributed by atoms with Crippen LogP contribution in [-0.2, 0) is 13.0 Å². The summed E-state index contributed by atoms with van der Waals surface area (Å²) in [5.74, 6) is 0. The van der Waals surface area contributed by atoms with Crippen molar-refractivity contribution < 1.29 is 0 Å². The normalized spacial score (nSPS) is 15.1. The van der Waals surface area contributed by atoms with Crippen LogP contribution in [0.15, 0.2) is 27.5 Å². The van der Waals surface area contributed by atoms with E-state index in [1.165, 1.54) is 0 Å². The van der Waals surface area contributed by atoms with E-state index in [4.69, 9.17) is 0 Å². The number of para-hydroxylation sites is 1. The van der Waals surface area contributed by atoms with Gasteiger partial charge in [0.05, 0.1) is 5.52 Å². The van der Waals surface area contributed by atoms with Crippen LogP contribution < -0.4 is 10.9 Å². The highest BCUT2D eigenvalue weighted by atomic mass is 79.9. The maximum atomic E-state index is 11.9. The Morgan fingerprint density at radius 1 is 1.25 bits per heavy atom. The largest absolute Gasteiger partial charge is 0.321 e. The third-order valence-corrected chi connectivity index (χ3v) is 3.73. The van der Waals surface area contributed by atoms with E-state index in [2.05, 4.69) is 32.3 Å². The number of aromatic amines is 1. The van der Waals surface area contributed by atoms with Crippen LogP contribution >= 0.6 is 15.9 Å². The van der Waals surface area contributed by atoms with Crippen LogP contribution in [0.5, 0.6) is 0 Å². The van der Waals surface area contributed by atoms with E-state index in [0.717, 1.165) is 46.0 Å². The Balaban J connectivity index is 2.47. The van der Waals surface area contributed by atoms with Crippen molar-refractivity contribution in [2.45, 2.75) is 13.0 Å². The molecule has 0 aliphatic carbocycles. The maximum absolute atomic E-state index is 11.9. The molecule has 0 saturated heterocycles. The number of H-pyrrole nitrogens is 1. The Labute approximate surface area is 101 Å². The van der Waals surface area contributed by atoms with Crippen molar-refractivity contribution in [2.75, 3.05) is 6.54 Å². The second-order valence-electron chi connectivity index (χ2n) is 4.00. The Hall–Kier alpha value is -1.13. The lowest BCUT2D eigenvalue weighted by Gasteiger charge is -2.18. The molecule has 0 atom stereocenters. The highest BCUT2D eigenvalue weighted by Gasteiger charge is 2.16. The molecule has 82 valence electrons. The Bertz CT molecular complexity index is 618. The van der Waals surface area contributed by atoms with E-state index >= 15 is 0 Å². The van der Waals surface area contributed by atoms with Gasteiger partial charge in [-0.2, -0.15) is 0 Å². The topological polar surface area (TPSA) is 44.9 Å². The van der Waals surface area contributed by atoms with E-state index < -0.39 is 0 Å². The molecular formula is C12H11BrN2O. The molecule has 16 heavy (non-hydrogen) atoms. The molecule has 2 aromatic rings. The minimum atomic E-state index is 0.0518. The molecule has 0 saturated carbocycles. The molecule has 4 heteroatoms. The predicted molar refractivity (Wildman–Crippen MR) is 67.7 cm³/mol. The fraction of sp³-hybridized carbons (Fsp3) is 0.250. The lowest BCUT2D eigenvalue weighted by molar-refractivity contribution is 0.642. The Morgan fingerprint density at radius 3 is 3.00 bits per heavy atom. The summed E-state index contributed by atoms with van der Waals surface area (Å²) in [6.45, 7) is 1.67. The monoisotopic (exact) mass is 278 g/mol. The number of benzene rings is 1. The van der Waals surface area contributed by atoms with Crippen molar-refractivity contribution in [3.05, 3.63) is 44.2 Å². The quantitative estimate of drug-likeness (QED) is 0.774. The molecule has 0 bridgehead atoms. The van der Waals surface area contributed by atoms with Crippen molar-refractivity contribution >= 4 is 26.8 Å². The van der Waals surface area contributed by atoms with Gasteiger partial charge in [-0.25, -0.2) is 0 Å². The van der Waals surface area contributed by atoms with Crippen LogP contribution in [0.25, 0.3) is 10.9 Å². The van der Waals surface area contributed by atoms with Gasteiger partial charge in [0.2, 0.25) is 0 Å². The zero-order valence-corrected chi connectivity index (χ0v) is 10.2. The minimum absolute atomic E-state index is 0.0518. The first-order valence-corrected chi connectivity index (χ1v) is 6.09. The summed E-state index contributed by atoms with van der Waals surface area (Å²) in [5, 5.41) is 4.45. The standard InChI is InChI=1S/C12H11BrN2O/c13-10-3-1-2-7-9-6-14-5-4-8(9)12(16)15-11(7)10/h1-3,14H,4-6H2,(H,15,16). The molecule has 0 amide bonds. The molecule has 1 aromatic heterocycles. The molecule has 3 rings (SSSR count). The van der Waals surface area contributed by atoms with Gasteiger partial charge < -0.3 is 10.3 Å². The van der Waals surface area contributed by atoms with E-state index in [1.54, 1.807) is 0 Å². The molecule has 1 aliphatic rings. The highest BCUT2D eigenvalue weighted by molar-refractivity contribution is 9.10. The van der Waals surface area contributed by atoms with Gasteiger partial charge in [0.15, 0.2) is 0 Å². The lowest BCUT2D eigenvalue weighted by atomic mass is 9.98. The molecular weight excluding hydrogens is 268 g/mol. The molecule has 1 aliphatic heterocycles. The van der Waals surface area contributed by atoms with E-state index in [-0.39, 0.29) is 5.56 Å². The zero-order valence-electron chi connectivity index (χ0n) is 8.64. The number of halogens is 1. The van der Waals surface area contributed by atoms with Crippen LogP contribution in [0.2, 0.25) is 0 Å². The SMILES string of the molecule is O=c1[nH]c2c(Br)cccc2c2c1CCNC2. The van der Waals surface area contributed by atoms with E-state index in [0.29, 0.717) is 0 Å². The van der Waals surface area contributed by atoms with Crippen molar-refractivity contribution in [3.8, 4) is 0 Å². The molecule has 2 heterocycles.